The number of rotatable bonds is 7. The molecule has 4 aromatic heterocycles. The molecule has 0 aliphatic heterocycles. The summed E-state index contributed by atoms with van der Waals surface area (Å²) in [5.41, 5.74) is 3.26. The van der Waals surface area contributed by atoms with Crippen molar-refractivity contribution >= 4 is 22.6 Å². The van der Waals surface area contributed by atoms with Crippen molar-refractivity contribution in [1.29, 1.82) is 0 Å². The van der Waals surface area contributed by atoms with Gasteiger partial charge in [-0.15, -0.1) is 0 Å². The van der Waals surface area contributed by atoms with Crippen LogP contribution in [0.2, 0.25) is 0 Å². The third kappa shape index (κ3) is 3.88. The highest BCUT2D eigenvalue weighted by Gasteiger charge is 2.26. The number of anilines is 1. The highest BCUT2D eigenvalue weighted by Crippen LogP contribution is 2.30. The van der Waals surface area contributed by atoms with Crippen LogP contribution >= 0.6 is 0 Å². The lowest BCUT2D eigenvalue weighted by Crippen LogP contribution is -2.09. The molecule has 0 aromatic carbocycles. The van der Waals surface area contributed by atoms with Crippen LogP contribution in [0, 0.1) is 5.95 Å². The van der Waals surface area contributed by atoms with E-state index >= 15 is 0 Å². The first kappa shape index (κ1) is 19.3. The summed E-state index contributed by atoms with van der Waals surface area (Å²) in [6.45, 7) is 2.04. The average molecular weight is 416 g/mol. The zero-order chi connectivity index (χ0) is 21.4. The molecule has 4 heterocycles. The van der Waals surface area contributed by atoms with Crippen molar-refractivity contribution in [3.8, 4) is 0 Å². The third-order valence-electron chi connectivity index (χ3n) is 5.42. The minimum Gasteiger partial charge on any atom is -0.367 e. The summed E-state index contributed by atoms with van der Waals surface area (Å²) in [7, 11) is 0. The molecule has 7 nitrogen and oxygen atoms in total. The monoisotopic (exact) mass is 416 g/mol. The SMILES string of the molecule is CCc1ccc(Cc2ccc(C(=O)c3c[nH]c4ncnc(NC5CC5)c34)c(F)n2)cn1. The molecule has 2 N–H and O–H groups in total. The van der Waals surface area contributed by atoms with Crippen LogP contribution in [-0.4, -0.2) is 36.7 Å². The number of halogens is 1. The number of nitrogens with zero attached hydrogens (tertiary/aromatic N) is 4. The van der Waals surface area contributed by atoms with E-state index < -0.39 is 11.7 Å². The van der Waals surface area contributed by atoms with E-state index in [0.717, 1.165) is 30.5 Å². The Bertz CT molecular complexity index is 1260. The van der Waals surface area contributed by atoms with E-state index in [2.05, 4.69) is 30.2 Å². The van der Waals surface area contributed by atoms with Gasteiger partial charge >= 0.3 is 0 Å². The maximum atomic E-state index is 14.8. The lowest BCUT2D eigenvalue weighted by molar-refractivity contribution is 0.103. The molecule has 0 amide bonds. The highest BCUT2D eigenvalue weighted by atomic mass is 19.1. The Morgan fingerprint density at radius 1 is 1.13 bits per heavy atom. The van der Waals surface area contributed by atoms with Gasteiger partial charge in [-0.1, -0.05) is 13.0 Å². The zero-order valence-corrected chi connectivity index (χ0v) is 17.0. The number of hydrogen-bond donors (Lipinski definition) is 2. The number of H-pyrrole nitrogens is 1. The van der Waals surface area contributed by atoms with Crippen molar-refractivity contribution in [3.05, 3.63) is 77.0 Å². The second kappa shape index (κ2) is 7.86. The molecule has 0 atom stereocenters. The third-order valence-corrected chi connectivity index (χ3v) is 5.42. The number of pyridine rings is 2. The van der Waals surface area contributed by atoms with Gasteiger partial charge in [0.1, 0.15) is 17.8 Å². The van der Waals surface area contributed by atoms with E-state index in [4.69, 9.17) is 0 Å². The normalized spacial score (nSPS) is 13.5. The van der Waals surface area contributed by atoms with E-state index in [9.17, 15) is 9.18 Å². The van der Waals surface area contributed by atoms with Gasteiger partial charge in [0.2, 0.25) is 5.95 Å². The van der Waals surface area contributed by atoms with Crippen molar-refractivity contribution in [2.75, 3.05) is 5.32 Å². The van der Waals surface area contributed by atoms with Gasteiger partial charge in [-0.2, -0.15) is 4.39 Å². The molecule has 0 radical (unpaired) electrons. The molecule has 5 rings (SSSR count). The Hall–Kier alpha value is -3.68. The molecule has 1 saturated carbocycles. The van der Waals surface area contributed by atoms with Crippen LogP contribution in [0.4, 0.5) is 10.2 Å². The van der Waals surface area contributed by atoms with E-state index in [0.29, 0.717) is 40.6 Å². The van der Waals surface area contributed by atoms with Crippen LogP contribution in [0.1, 0.15) is 52.6 Å². The predicted molar refractivity (Wildman–Crippen MR) is 115 cm³/mol. The summed E-state index contributed by atoms with van der Waals surface area (Å²) in [6.07, 6.45) is 8.20. The molecular weight excluding hydrogens is 395 g/mol. The number of aromatic amines is 1. The van der Waals surface area contributed by atoms with Crippen LogP contribution in [0.25, 0.3) is 11.0 Å². The lowest BCUT2D eigenvalue weighted by atomic mass is 10.0. The number of fused-ring (bicyclic) bond motifs is 1. The predicted octanol–water partition coefficient (Wildman–Crippen LogP) is 3.85. The van der Waals surface area contributed by atoms with Crippen molar-refractivity contribution in [1.82, 2.24) is 24.9 Å². The maximum absolute atomic E-state index is 14.8. The van der Waals surface area contributed by atoms with Crippen LogP contribution in [0.15, 0.2) is 43.0 Å². The van der Waals surface area contributed by atoms with Crippen molar-refractivity contribution in [2.45, 2.75) is 38.6 Å². The summed E-state index contributed by atoms with van der Waals surface area (Å²) in [6, 6.07) is 7.44. The van der Waals surface area contributed by atoms with Gasteiger partial charge in [-0.3, -0.25) is 9.78 Å². The molecule has 1 fully saturated rings. The van der Waals surface area contributed by atoms with Crippen LogP contribution < -0.4 is 5.32 Å². The van der Waals surface area contributed by atoms with E-state index in [1.807, 2.05) is 19.1 Å². The summed E-state index contributed by atoms with van der Waals surface area (Å²) in [5, 5.41) is 3.89. The van der Waals surface area contributed by atoms with Gasteiger partial charge in [0.25, 0.3) is 0 Å². The Morgan fingerprint density at radius 2 is 1.97 bits per heavy atom. The van der Waals surface area contributed by atoms with Gasteiger partial charge in [-0.25, -0.2) is 15.0 Å². The quantitative estimate of drug-likeness (QED) is 0.351. The van der Waals surface area contributed by atoms with E-state index in [1.54, 1.807) is 18.5 Å². The number of ketones is 1. The zero-order valence-electron chi connectivity index (χ0n) is 17.0. The second-order valence-electron chi connectivity index (χ2n) is 7.73. The van der Waals surface area contributed by atoms with E-state index in [-0.39, 0.29) is 5.56 Å². The largest absolute Gasteiger partial charge is 0.367 e. The fourth-order valence-corrected chi connectivity index (χ4v) is 3.54. The molecule has 0 bridgehead atoms. The number of carbonyl (C=O) groups excluding carboxylic acids is 1. The number of aromatic nitrogens is 5. The summed E-state index contributed by atoms with van der Waals surface area (Å²) in [4.78, 5) is 33.0. The number of hydrogen-bond acceptors (Lipinski definition) is 6. The molecule has 31 heavy (non-hydrogen) atoms. The first-order valence-corrected chi connectivity index (χ1v) is 10.3. The molecule has 0 saturated heterocycles. The van der Waals surface area contributed by atoms with Crippen LogP contribution in [0.3, 0.4) is 0 Å². The minimum absolute atomic E-state index is 0.0784. The van der Waals surface area contributed by atoms with Gasteiger partial charge < -0.3 is 10.3 Å². The second-order valence-corrected chi connectivity index (χ2v) is 7.73. The van der Waals surface area contributed by atoms with Crippen molar-refractivity contribution in [3.63, 3.8) is 0 Å². The molecule has 1 aliphatic rings. The molecule has 4 aromatic rings. The van der Waals surface area contributed by atoms with Crippen LogP contribution in [-0.2, 0) is 12.8 Å². The molecule has 8 heteroatoms. The number of carbonyl (C=O) groups is 1. The van der Waals surface area contributed by atoms with Gasteiger partial charge in [0.15, 0.2) is 5.78 Å². The number of aryl methyl sites for hydroxylation is 1. The van der Waals surface area contributed by atoms with Gasteiger partial charge in [0.05, 0.1) is 16.5 Å². The molecule has 156 valence electrons. The maximum Gasteiger partial charge on any atom is 0.224 e. The standard InChI is InChI=1S/C23H21FN6O/c1-2-14-4-3-13(10-25-14)9-16-7-8-17(21(24)29-16)20(31)18-11-26-22-19(18)23(28-12-27-22)30-15-5-6-15/h3-4,7-8,10-12,15H,2,5-6,9H2,1H3,(H2,26,27,28,30). The van der Waals surface area contributed by atoms with Crippen molar-refractivity contribution < 1.29 is 9.18 Å². The lowest BCUT2D eigenvalue weighted by Gasteiger charge is -2.08. The smallest absolute Gasteiger partial charge is 0.224 e. The minimum atomic E-state index is -0.788. The van der Waals surface area contributed by atoms with Crippen molar-refractivity contribution in [2.24, 2.45) is 0 Å². The molecular formula is C23H21FN6O. The Labute approximate surface area is 178 Å². The first-order valence-electron chi connectivity index (χ1n) is 10.3. The summed E-state index contributed by atoms with van der Waals surface area (Å²) >= 11 is 0. The fraction of sp³-hybridized carbons (Fsp3) is 0.261. The topological polar surface area (TPSA) is 96.5 Å². The van der Waals surface area contributed by atoms with E-state index in [1.165, 1.54) is 12.4 Å². The van der Waals surface area contributed by atoms with Crippen LogP contribution in [0.5, 0.6) is 0 Å². The summed E-state index contributed by atoms with van der Waals surface area (Å²) < 4.78 is 14.8. The first-order chi connectivity index (χ1) is 15.1. The summed E-state index contributed by atoms with van der Waals surface area (Å²) in [5.74, 6) is -0.654. The number of nitrogens with one attached hydrogen (secondary N) is 2. The Balaban J connectivity index is 1.43. The van der Waals surface area contributed by atoms with Gasteiger partial charge in [-0.05, 0) is 43.0 Å². The molecule has 0 spiro atoms. The fourth-order valence-electron chi connectivity index (χ4n) is 3.54. The average Bonchev–Trinajstić information content (AvgIpc) is 3.49. The molecule has 0 unspecified atom stereocenters. The Kier molecular flexibility index (Phi) is 4.89. The van der Waals surface area contributed by atoms with Gasteiger partial charge in [0, 0.05) is 36.2 Å². The highest BCUT2D eigenvalue weighted by molar-refractivity contribution is 6.18. The Morgan fingerprint density at radius 3 is 2.68 bits per heavy atom. The molecule has 1 aliphatic carbocycles.